The van der Waals surface area contributed by atoms with Crippen molar-refractivity contribution in [2.45, 2.75) is 66.5 Å². The predicted octanol–water partition coefficient (Wildman–Crippen LogP) is 4.01. The van der Waals surface area contributed by atoms with Crippen LogP contribution >= 0.6 is 0 Å². The topological polar surface area (TPSA) is 55.4 Å². The van der Waals surface area contributed by atoms with E-state index in [9.17, 15) is 9.59 Å². The lowest BCUT2D eigenvalue weighted by Crippen LogP contribution is -2.22. The third-order valence-corrected chi connectivity index (χ3v) is 3.17. The first-order valence-electron chi connectivity index (χ1n) is 8.53. The zero-order chi connectivity index (χ0) is 17.5. The van der Waals surface area contributed by atoms with E-state index in [1.165, 1.54) is 0 Å². The number of unbranched alkanes of at least 4 members (excludes halogenated alkanes) is 1. The molecule has 4 nitrogen and oxygen atoms in total. The molecule has 0 aliphatic heterocycles. The minimum absolute atomic E-state index is 0.0388. The first-order chi connectivity index (χ1) is 11.1. The Hall–Kier alpha value is -1.68. The number of hydrogen-bond donors (Lipinski definition) is 1. The molecule has 0 aliphatic rings. The summed E-state index contributed by atoms with van der Waals surface area (Å²) in [6.45, 7) is 9.43. The van der Waals surface area contributed by atoms with Gasteiger partial charge in [-0.2, -0.15) is 0 Å². The number of carbonyl (C=O) groups is 2. The third kappa shape index (κ3) is 11.5. The Kier molecular flexibility index (Phi) is 12.9. The summed E-state index contributed by atoms with van der Waals surface area (Å²) in [5.41, 5.74) is 2.21. The zero-order valence-electron chi connectivity index (χ0n) is 15.0. The smallest absolute Gasteiger partial charge is 0.220 e. The second kappa shape index (κ2) is 13.9. The largest absolute Gasteiger partial charge is 0.377 e. The molecule has 1 amide bonds. The van der Waals surface area contributed by atoms with Crippen LogP contribution in [0.25, 0.3) is 0 Å². The average Bonchev–Trinajstić information content (AvgIpc) is 2.57. The molecule has 0 heterocycles. The Balaban J connectivity index is 0.00000232. The van der Waals surface area contributed by atoms with Crippen molar-refractivity contribution < 1.29 is 14.3 Å². The highest BCUT2D eigenvalue weighted by Crippen LogP contribution is 2.06. The van der Waals surface area contributed by atoms with Crippen LogP contribution in [-0.4, -0.2) is 18.3 Å². The minimum Gasteiger partial charge on any atom is -0.377 e. The van der Waals surface area contributed by atoms with Crippen molar-refractivity contribution in [1.29, 1.82) is 0 Å². The van der Waals surface area contributed by atoms with Crippen LogP contribution in [-0.2, 0) is 27.5 Å². The van der Waals surface area contributed by atoms with Gasteiger partial charge in [0.1, 0.15) is 5.78 Å². The maximum absolute atomic E-state index is 11.7. The first-order valence-corrected chi connectivity index (χ1v) is 8.53. The molecule has 0 radical (unpaired) electrons. The molecule has 0 bridgehead atoms. The van der Waals surface area contributed by atoms with Gasteiger partial charge in [0, 0.05) is 26.0 Å². The number of benzene rings is 1. The van der Waals surface area contributed by atoms with Gasteiger partial charge in [0.25, 0.3) is 0 Å². The van der Waals surface area contributed by atoms with Gasteiger partial charge in [0.15, 0.2) is 0 Å². The van der Waals surface area contributed by atoms with Crippen molar-refractivity contribution in [2.75, 3.05) is 6.61 Å². The average molecular weight is 321 g/mol. The number of ether oxygens (including phenoxy) is 1. The number of amides is 1. The summed E-state index contributed by atoms with van der Waals surface area (Å²) in [4.78, 5) is 22.4. The van der Waals surface area contributed by atoms with E-state index in [0.29, 0.717) is 32.6 Å². The highest BCUT2D eigenvalue weighted by Gasteiger charge is 2.02. The standard InChI is InChI=1S/C17H25NO3.C2H6/c1-3-21-13-16-10-8-15(9-11-16)12-18-17(20)7-5-4-6-14(2)19;1-2/h8-11H,3-7,12-13H2,1-2H3,(H,18,20);1-2H3. The van der Waals surface area contributed by atoms with E-state index in [0.717, 1.165) is 24.0 Å². The van der Waals surface area contributed by atoms with Gasteiger partial charge in [-0.15, -0.1) is 0 Å². The first kappa shape index (κ1) is 21.3. The second-order valence-electron chi connectivity index (χ2n) is 5.14. The van der Waals surface area contributed by atoms with Gasteiger partial charge in [0.05, 0.1) is 6.61 Å². The summed E-state index contributed by atoms with van der Waals surface area (Å²) in [5.74, 6) is 0.222. The van der Waals surface area contributed by atoms with Gasteiger partial charge in [-0.3, -0.25) is 4.79 Å². The van der Waals surface area contributed by atoms with E-state index in [4.69, 9.17) is 4.74 Å². The van der Waals surface area contributed by atoms with E-state index < -0.39 is 0 Å². The molecular formula is C19H31NO3. The molecule has 4 heteroatoms. The Morgan fingerprint density at radius 2 is 1.57 bits per heavy atom. The predicted molar refractivity (Wildman–Crippen MR) is 94.1 cm³/mol. The highest BCUT2D eigenvalue weighted by molar-refractivity contribution is 5.76. The van der Waals surface area contributed by atoms with Gasteiger partial charge in [-0.25, -0.2) is 0 Å². The van der Waals surface area contributed by atoms with Gasteiger partial charge in [0.2, 0.25) is 5.91 Å². The van der Waals surface area contributed by atoms with Crippen LogP contribution in [0.1, 0.15) is 64.5 Å². The lowest BCUT2D eigenvalue weighted by atomic mass is 10.1. The summed E-state index contributed by atoms with van der Waals surface area (Å²) in [7, 11) is 0. The second-order valence-corrected chi connectivity index (χ2v) is 5.14. The quantitative estimate of drug-likeness (QED) is 0.662. The highest BCUT2D eigenvalue weighted by atomic mass is 16.5. The normalized spacial score (nSPS) is 9.74. The Bertz CT molecular complexity index is 440. The summed E-state index contributed by atoms with van der Waals surface area (Å²) in [6.07, 6.45) is 2.60. The lowest BCUT2D eigenvalue weighted by Gasteiger charge is -2.07. The maximum Gasteiger partial charge on any atom is 0.220 e. The third-order valence-electron chi connectivity index (χ3n) is 3.17. The molecule has 0 unspecified atom stereocenters. The number of nitrogens with one attached hydrogen (secondary N) is 1. The van der Waals surface area contributed by atoms with Crippen LogP contribution in [0, 0.1) is 0 Å². The molecule has 1 rings (SSSR count). The molecule has 1 N–H and O–H groups in total. The van der Waals surface area contributed by atoms with Crippen molar-refractivity contribution in [2.24, 2.45) is 0 Å². The van der Waals surface area contributed by atoms with Crippen molar-refractivity contribution in [3.05, 3.63) is 35.4 Å². The summed E-state index contributed by atoms with van der Waals surface area (Å²) in [5, 5.41) is 2.89. The Morgan fingerprint density at radius 1 is 1.00 bits per heavy atom. The molecule has 0 aliphatic carbocycles. The van der Waals surface area contributed by atoms with Crippen LogP contribution in [0.3, 0.4) is 0 Å². The molecule has 23 heavy (non-hydrogen) atoms. The maximum atomic E-state index is 11.7. The zero-order valence-corrected chi connectivity index (χ0v) is 15.0. The Morgan fingerprint density at radius 3 is 2.13 bits per heavy atom. The molecular weight excluding hydrogens is 290 g/mol. The number of rotatable bonds is 10. The molecule has 1 aromatic carbocycles. The molecule has 130 valence electrons. The number of carbonyl (C=O) groups excluding carboxylic acids is 2. The van der Waals surface area contributed by atoms with E-state index in [1.54, 1.807) is 6.92 Å². The molecule has 0 atom stereocenters. The number of Topliss-reactive ketones (excluding diaryl/α,β-unsaturated/α-hetero) is 1. The summed E-state index contributed by atoms with van der Waals surface area (Å²) in [6, 6.07) is 8.04. The van der Waals surface area contributed by atoms with Gasteiger partial charge in [-0.05, 0) is 37.8 Å². The van der Waals surface area contributed by atoms with Crippen molar-refractivity contribution in [3.8, 4) is 0 Å². The van der Waals surface area contributed by atoms with Crippen molar-refractivity contribution in [1.82, 2.24) is 5.32 Å². The monoisotopic (exact) mass is 321 g/mol. The fraction of sp³-hybridized carbons (Fsp3) is 0.579. The van der Waals surface area contributed by atoms with Gasteiger partial charge in [-0.1, -0.05) is 38.1 Å². The van der Waals surface area contributed by atoms with Crippen molar-refractivity contribution in [3.63, 3.8) is 0 Å². The molecule has 0 saturated heterocycles. The minimum atomic E-state index is 0.0388. The molecule has 0 fully saturated rings. The molecule has 0 aromatic heterocycles. The number of ketones is 1. The van der Waals surface area contributed by atoms with Gasteiger partial charge >= 0.3 is 0 Å². The van der Waals surface area contributed by atoms with Gasteiger partial charge < -0.3 is 14.8 Å². The SMILES string of the molecule is CC.CCOCc1ccc(CNC(=O)CCCCC(C)=O)cc1. The number of hydrogen-bond acceptors (Lipinski definition) is 3. The lowest BCUT2D eigenvalue weighted by molar-refractivity contribution is -0.122. The fourth-order valence-corrected chi connectivity index (χ4v) is 1.92. The van der Waals surface area contributed by atoms with E-state index >= 15 is 0 Å². The van der Waals surface area contributed by atoms with Crippen LogP contribution in [0.2, 0.25) is 0 Å². The summed E-state index contributed by atoms with van der Waals surface area (Å²) >= 11 is 0. The van der Waals surface area contributed by atoms with E-state index in [2.05, 4.69) is 5.32 Å². The Labute approximate surface area is 140 Å². The van der Waals surface area contributed by atoms with E-state index in [-0.39, 0.29) is 11.7 Å². The molecule has 0 spiro atoms. The fourth-order valence-electron chi connectivity index (χ4n) is 1.92. The van der Waals surface area contributed by atoms with Crippen LogP contribution < -0.4 is 5.32 Å². The van der Waals surface area contributed by atoms with Crippen LogP contribution in [0.5, 0.6) is 0 Å². The molecule has 1 aromatic rings. The molecule has 0 saturated carbocycles. The van der Waals surface area contributed by atoms with Crippen LogP contribution in [0.15, 0.2) is 24.3 Å². The van der Waals surface area contributed by atoms with E-state index in [1.807, 2.05) is 45.0 Å². The van der Waals surface area contributed by atoms with Crippen LogP contribution in [0.4, 0.5) is 0 Å². The summed E-state index contributed by atoms with van der Waals surface area (Å²) < 4.78 is 5.34. The van der Waals surface area contributed by atoms with Crippen molar-refractivity contribution >= 4 is 11.7 Å².